The Hall–Kier alpha value is -2.76. The van der Waals surface area contributed by atoms with Gasteiger partial charge in [-0.25, -0.2) is 30.8 Å². The third kappa shape index (κ3) is 3.88. The van der Waals surface area contributed by atoms with Gasteiger partial charge in [-0.3, -0.25) is 0 Å². The summed E-state index contributed by atoms with van der Waals surface area (Å²) in [6.07, 6.45) is 0.267. The summed E-state index contributed by atoms with van der Waals surface area (Å²) in [5.41, 5.74) is 0.946. The first-order chi connectivity index (χ1) is 13.8. The van der Waals surface area contributed by atoms with Gasteiger partial charge in [0, 0.05) is 18.3 Å². The van der Waals surface area contributed by atoms with Gasteiger partial charge in [0.2, 0.25) is 15.0 Å². The molecule has 0 aliphatic carbocycles. The fourth-order valence-electron chi connectivity index (χ4n) is 2.69. The predicted molar refractivity (Wildman–Crippen MR) is 102 cm³/mol. The molecule has 0 spiro atoms. The Morgan fingerprint density at radius 3 is 2.59 bits per heavy atom. The molecule has 1 N–H and O–H groups in total. The van der Waals surface area contributed by atoms with Crippen LogP contribution in [0.3, 0.4) is 0 Å². The van der Waals surface area contributed by atoms with Crippen LogP contribution < -0.4 is 4.72 Å². The highest BCUT2D eigenvalue weighted by molar-refractivity contribution is 7.89. The number of rotatable bonds is 6. The van der Waals surface area contributed by atoms with Crippen LogP contribution in [-0.2, 0) is 16.4 Å². The van der Waals surface area contributed by atoms with Crippen LogP contribution in [0.5, 0.6) is 0 Å². The van der Waals surface area contributed by atoms with E-state index in [0.29, 0.717) is 16.7 Å². The lowest BCUT2D eigenvalue weighted by molar-refractivity contribution is 0.504. The quantitative estimate of drug-likeness (QED) is 0.501. The lowest BCUT2D eigenvalue weighted by Crippen LogP contribution is -2.26. The van der Waals surface area contributed by atoms with Crippen molar-refractivity contribution >= 4 is 26.3 Å². The highest BCUT2D eigenvalue weighted by atomic mass is 32.2. The van der Waals surface area contributed by atoms with Gasteiger partial charge in [0.1, 0.15) is 5.82 Å². The molecule has 4 aromatic rings. The van der Waals surface area contributed by atoms with Gasteiger partial charge in [-0.2, -0.15) is 4.98 Å². The molecule has 2 aromatic heterocycles. The van der Waals surface area contributed by atoms with E-state index < -0.39 is 27.5 Å². The van der Waals surface area contributed by atoms with Crippen molar-refractivity contribution in [1.82, 2.24) is 19.3 Å². The van der Waals surface area contributed by atoms with E-state index in [1.54, 1.807) is 23.6 Å². The molecule has 150 valence electrons. The maximum absolute atomic E-state index is 13.9. The van der Waals surface area contributed by atoms with Gasteiger partial charge in [0.25, 0.3) is 0 Å². The summed E-state index contributed by atoms with van der Waals surface area (Å²) < 4.78 is 68.6. The number of thiazole rings is 1. The Morgan fingerprint density at radius 1 is 1.03 bits per heavy atom. The van der Waals surface area contributed by atoms with E-state index in [4.69, 9.17) is 0 Å². The van der Waals surface area contributed by atoms with Gasteiger partial charge in [-0.05, 0) is 30.3 Å². The number of halogens is 3. The average molecular weight is 438 g/mol. The van der Waals surface area contributed by atoms with Crippen molar-refractivity contribution in [1.29, 1.82) is 0 Å². The van der Waals surface area contributed by atoms with E-state index in [1.807, 2.05) is 0 Å². The molecular formula is C18H13F3N4O2S2. The van der Waals surface area contributed by atoms with Crippen molar-refractivity contribution in [2.75, 3.05) is 6.54 Å². The number of nitrogens with one attached hydrogen (secondary N) is 1. The Kier molecular flexibility index (Phi) is 5.11. The van der Waals surface area contributed by atoms with Crippen molar-refractivity contribution in [3.05, 3.63) is 71.0 Å². The van der Waals surface area contributed by atoms with Gasteiger partial charge in [-0.15, -0.1) is 16.4 Å². The second kappa shape index (κ2) is 7.58. The maximum atomic E-state index is 13.9. The number of benzene rings is 2. The molecule has 0 unspecified atom stereocenters. The van der Waals surface area contributed by atoms with Crippen molar-refractivity contribution in [3.8, 4) is 11.4 Å². The molecule has 4 rings (SSSR count). The Morgan fingerprint density at radius 2 is 1.83 bits per heavy atom. The molecule has 0 amide bonds. The highest BCUT2D eigenvalue weighted by Gasteiger charge is 2.18. The zero-order valence-corrected chi connectivity index (χ0v) is 16.3. The lowest BCUT2D eigenvalue weighted by Gasteiger charge is -2.06. The van der Waals surface area contributed by atoms with E-state index in [1.165, 1.54) is 21.9 Å². The third-order valence-corrected chi connectivity index (χ3v) is 6.46. The van der Waals surface area contributed by atoms with Crippen LogP contribution in [0.15, 0.2) is 52.7 Å². The molecule has 2 aromatic carbocycles. The second-order valence-corrected chi connectivity index (χ2v) is 8.66. The lowest BCUT2D eigenvalue weighted by atomic mass is 10.2. The number of hydrogen-bond acceptors (Lipinski definition) is 5. The van der Waals surface area contributed by atoms with Crippen LogP contribution in [0.25, 0.3) is 16.3 Å². The Labute approximate surface area is 167 Å². The number of aromatic nitrogens is 3. The summed E-state index contributed by atoms with van der Waals surface area (Å²) >= 11 is 1.29. The van der Waals surface area contributed by atoms with Crippen LogP contribution >= 0.6 is 11.3 Å². The van der Waals surface area contributed by atoms with Crippen LogP contribution in [0.2, 0.25) is 0 Å². The first kappa shape index (κ1) is 19.6. The molecule has 0 atom stereocenters. The molecule has 0 radical (unpaired) electrons. The van der Waals surface area contributed by atoms with Crippen LogP contribution in [0.1, 0.15) is 5.69 Å². The minimum Gasteiger partial charge on any atom is -0.211 e. The minimum absolute atomic E-state index is 0.00204. The molecule has 0 aliphatic rings. The summed E-state index contributed by atoms with van der Waals surface area (Å²) in [7, 11) is -4.00. The monoisotopic (exact) mass is 438 g/mol. The molecule has 2 heterocycles. The molecular weight excluding hydrogens is 425 g/mol. The third-order valence-electron chi connectivity index (χ3n) is 4.14. The van der Waals surface area contributed by atoms with E-state index in [2.05, 4.69) is 14.8 Å². The number of hydrogen-bond donors (Lipinski definition) is 1. The fourth-order valence-corrected chi connectivity index (χ4v) is 4.59. The number of fused-ring (bicyclic) bond motifs is 1. The molecule has 0 fully saturated rings. The Bertz CT molecular complexity index is 1300. The molecule has 0 saturated carbocycles. The van der Waals surface area contributed by atoms with E-state index in [-0.39, 0.29) is 29.2 Å². The highest BCUT2D eigenvalue weighted by Crippen LogP contribution is 2.23. The summed E-state index contributed by atoms with van der Waals surface area (Å²) in [6, 6.07) is 8.51. The molecule has 0 bridgehead atoms. The largest absolute Gasteiger partial charge is 0.240 e. The van der Waals surface area contributed by atoms with E-state index >= 15 is 0 Å². The van der Waals surface area contributed by atoms with Crippen molar-refractivity contribution in [2.45, 2.75) is 11.3 Å². The van der Waals surface area contributed by atoms with Gasteiger partial charge in [0.05, 0.1) is 16.2 Å². The van der Waals surface area contributed by atoms with E-state index in [0.717, 1.165) is 12.1 Å². The standard InChI is InChI=1S/C18H13F3N4O2S2/c19-14-4-2-1-3-13(14)17-23-18-25(24-17)11(10-28-18)7-8-22-29(26,27)12-5-6-15(20)16(21)9-12/h1-6,9-10,22H,7-8H2. The maximum Gasteiger partial charge on any atom is 0.240 e. The smallest absolute Gasteiger partial charge is 0.211 e. The fraction of sp³-hybridized carbons (Fsp3) is 0.111. The normalized spacial score (nSPS) is 12.0. The van der Waals surface area contributed by atoms with Gasteiger partial charge < -0.3 is 0 Å². The molecule has 29 heavy (non-hydrogen) atoms. The Balaban J connectivity index is 1.50. The van der Waals surface area contributed by atoms with Crippen LogP contribution in [0.4, 0.5) is 13.2 Å². The number of sulfonamides is 1. The van der Waals surface area contributed by atoms with Crippen molar-refractivity contribution in [2.24, 2.45) is 0 Å². The molecule has 11 heteroatoms. The zero-order valence-electron chi connectivity index (χ0n) is 14.6. The summed E-state index contributed by atoms with van der Waals surface area (Å²) in [5.74, 6) is -2.57. The van der Waals surface area contributed by atoms with Crippen molar-refractivity contribution in [3.63, 3.8) is 0 Å². The van der Waals surface area contributed by atoms with E-state index in [9.17, 15) is 21.6 Å². The second-order valence-electron chi connectivity index (χ2n) is 6.06. The van der Waals surface area contributed by atoms with Crippen LogP contribution in [0, 0.1) is 17.5 Å². The molecule has 6 nitrogen and oxygen atoms in total. The van der Waals surface area contributed by atoms with Crippen LogP contribution in [-0.4, -0.2) is 29.6 Å². The minimum atomic E-state index is -4.00. The van der Waals surface area contributed by atoms with Gasteiger partial charge >= 0.3 is 0 Å². The van der Waals surface area contributed by atoms with Crippen molar-refractivity contribution < 1.29 is 21.6 Å². The van der Waals surface area contributed by atoms with Gasteiger partial charge in [-0.1, -0.05) is 12.1 Å². The first-order valence-corrected chi connectivity index (χ1v) is 10.7. The number of nitrogens with zero attached hydrogens (tertiary/aromatic N) is 3. The average Bonchev–Trinajstić information content (AvgIpc) is 3.26. The SMILES string of the molecule is O=S(=O)(NCCc1csc2nc(-c3ccccc3F)nn12)c1ccc(F)c(F)c1. The summed E-state index contributed by atoms with van der Waals surface area (Å²) in [6.45, 7) is 0.00204. The summed E-state index contributed by atoms with van der Waals surface area (Å²) in [5, 5.41) is 6.08. The van der Waals surface area contributed by atoms with Gasteiger partial charge in [0.15, 0.2) is 17.5 Å². The summed E-state index contributed by atoms with van der Waals surface area (Å²) in [4.78, 5) is 4.48. The zero-order chi connectivity index (χ0) is 20.6. The molecule has 0 saturated heterocycles. The first-order valence-electron chi connectivity index (χ1n) is 8.38. The predicted octanol–water partition coefficient (Wildman–Crippen LogP) is 3.40. The topological polar surface area (TPSA) is 76.4 Å². The molecule has 0 aliphatic heterocycles.